The van der Waals surface area contributed by atoms with Crippen LogP contribution in [-0.4, -0.2) is 32.2 Å². The molecule has 8 nitrogen and oxygen atoms in total. The number of benzene rings is 1. The summed E-state index contributed by atoms with van der Waals surface area (Å²) in [6, 6.07) is 7.28. The van der Waals surface area contributed by atoms with Gasteiger partial charge in [0.1, 0.15) is 0 Å². The number of ether oxygens (including phenoxy) is 1. The van der Waals surface area contributed by atoms with Crippen LogP contribution in [0.1, 0.15) is 44.3 Å². The maximum absolute atomic E-state index is 12.5. The number of carbonyl (C=O) groups excluding carboxylic acids is 3. The molecule has 1 heterocycles. The van der Waals surface area contributed by atoms with Crippen molar-refractivity contribution in [1.29, 1.82) is 0 Å². The maximum Gasteiger partial charge on any atom is 0.338 e. The van der Waals surface area contributed by atoms with Crippen molar-refractivity contribution in [1.82, 2.24) is 5.32 Å². The van der Waals surface area contributed by atoms with Crippen LogP contribution in [0.3, 0.4) is 0 Å². The fraction of sp³-hybridized carbons (Fsp3) is 0.278. The number of thiophene rings is 1. The number of esters is 1. The lowest BCUT2D eigenvalue weighted by molar-refractivity contribution is -0.119. The fourth-order valence-corrected chi connectivity index (χ4v) is 4.11. The minimum Gasteiger partial charge on any atom is -0.451 e. The molecule has 1 unspecified atom stereocenters. The third kappa shape index (κ3) is 5.47. The van der Waals surface area contributed by atoms with Crippen molar-refractivity contribution in [3.05, 3.63) is 51.2 Å². The van der Waals surface area contributed by atoms with E-state index in [0.29, 0.717) is 17.0 Å². The average molecular weight is 425 g/mol. The zero-order valence-electron chi connectivity index (χ0n) is 15.5. The van der Waals surface area contributed by atoms with E-state index in [1.54, 1.807) is 19.1 Å². The first-order chi connectivity index (χ1) is 13.0. The van der Waals surface area contributed by atoms with Gasteiger partial charge in [0.15, 0.2) is 6.10 Å². The summed E-state index contributed by atoms with van der Waals surface area (Å²) >= 11 is 1.19. The molecule has 0 spiro atoms. The van der Waals surface area contributed by atoms with Gasteiger partial charge in [-0.2, -0.15) is 0 Å². The Balaban J connectivity index is 2.10. The lowest BCUT2D eigenvalue weighted by atomic mass is 10.1. The summed E-state index contributed by atoms with van der Waals surface area (Å²) < 4.78 is 28.4. The van der Waals surface area contributed by atoms with Gasteiger partial charge in [0.2, 0.25) is 21.7 Å². The predicted molar refractivity (Wildman–Crippen MR) is 104 cm³/mol. The minimum atomic E-state index is -3.99. The van der Waals surface area contributed by atoms with Gasteiger partial charge in [-0.3, -0.25) is 9.59 Å². The van der Waals surface area contributed by atoms with E-state index in [9.17, 15) is 22.8 Å². The zero-order valence-corrected chi connectivity index (χ0v) is 17.1. The Morgan fingerprint density at radius 3 is 2.50 bits per heavy atom. The molecule has 2 aromatic rings. The van der Waals surface area contributed by atoms with Crippen LogP contribution < -0.4 is 10.5 Å². The standard InChI is InChI=1S/C18H20N2O6S2/c1-10-4-5-13(8-16(10)28(19,24)25)18(23)26-11(2)17(22)15-7-6-14(27-15)9-20-12(3)21/h4-8,11H,9H2,1-3H3,(H,20,21)(H2,19,24,25). The SMILES string of the molecule is CC(=O)NCc1ccc(C(=O)C(C)OC(=O)c2ccc(C)c(S(N)(=O)=O)c2)s1. The number of amides is 1. The van der Waals surface area contributed by atoms with E-state index in [4.69, 9.17) is 9.88 Å². The molecule has 2 rings (SSSR count). The van der Waals surface area contributed by atoms with Crippen molar-refractivity contribution < 1.29 is 27.5 Å². The second kappa shape index (κ2) is 8.63. The number of sulfonamides is 1. The summed E-state index contributed by atoms with van der Waals surface area (Å²) in [5.74, 6) is -1.41. The quantitative estimate of drug-likeness (QED) is 0.514. The molecular formula is C18H20N2O6S2. The monoisotopic (exact) mass is 424 g/mol. The first-order valence-corrected chi connectivity index (χ1v) is 10.6. The molecule has 1 amide bonds. The first-order valence-electron chi connectivity index (χ1n) is 8.21. The summed E-state index contributed by atoms with van der Waals surface area (Å²) in [6.45, 7) is 4.69. The van der Waals surface area contributed by atoms with Crippen LogP contribution in [0.15, 0.2) is 35.2 Å². The van der Waals surface area contributed by atoms with E-state index in [1.165, 1.54) is 37.3 Å². The van der Waals surface area contributed by atoms with Gasteiger partial charge in [0, 0.05) is 11.8 Å². The smallest absolute Gasteiger partial charge is 0.338 e. The summed E-state index contributed by atoms with van der Waals surface area (Å²) in [4.78, 5) is 36.7. The molecular weight excluding hydrogens is 404 g/mol. The Morgan fingerprint density at radius 1 is 1.21 bits per heavy atom. The Kier molecular flexibility index (Phi) is 6.70. The number of hydrogen-bond donors (Lipinski definition) is 2. The minimum absolute atomic E-state index is 0.0215. The molecule has 28 heavy (non-hydrogen) atoms. The molecule has 10 heteroatoms. The first kappa shape index (κ1) is 21.7. The number of rotatable bonds is 7. The number of ketones is 1. The van der Waals surface area contributed by atoms with E-state index >= 15 is 0 Å². The molecule has 1 aromatic heterocycles. The van der Waals surface area contributed by atoms with Crippen molar-refractivity contribution in [2.45, 2.75) is 38.3 Å². The fourth-order valence-electron chi connectivity index (χ4n) is 2.33. The van der Waals surface area contributed by atoms with Gasteiger partial charge >= 0.3 is 5.97 Å². The van der Waals surface area contributed by atoms with Crippen molar-refractivity contribution in [3.63, 3.8) is 0 Å². The van der Waals surface area contributed by atoms with Gasteiger partial charge in [-0.15, -0.1) is 11.3 Å². The van der Waals surface area contributed by atoms with Gasteiger partial charge in [0.25, 0.3) is 0 Å². The predicted octanol–water partition coefficient (Wildman–Crippen LogP) is 1.77. The van der Waals surface area contributed by atoms with Crippen molar-refractivity contribution in [3.8, 4) is 0 Å². The molecule has 0 saturated heterocycles. The highest BCUT2D eigenvalue weighted by Gasteiger charge is 2.23. The molecule has 3 N–H and O–H groups in total. The topological polar surface area (TPSA) is 133 Å². The van der Waals surface area contributed by atoms with Crippen LogP contribution >= 0.6 is 11.3 Å². The number of aryl methyl sites for hydroxylation is 1. The van der Waals surface area contributed by atoms with Crippen LogP contribution in [0.25, 0.3) is 0 Å². The summed E-state index contributed by atoms with van der Waals surface area (Å²) in [6.07, 6.45) is -1.07. The molecule has 0 bridgehead atoms. The highest BCUT2D eigenvalue weighted by Crippen LogP contribution is 2.21. The van der Waals surface area contributed by atoms with Gasteiger partial charge < -0.3 is 10.1 Å². The van der Waals surface area contributed by atoms with Crippen LogP contribution in [0.2, 0.25) is 0 Å². The summed E-state index contributed by atoms with van der Waals surface area (Å²) in [5, 5.41) is 7.77. The summed E-state index contributed by atoms with van der Waals surface area (Å²) in [5.41, 5.74) is 0.375. The number of nitrogens with one attached hydrogen (secondary N) is 1. The van der Waals surface area contributed by atoms with Crippen LogP contribution in [0.4, 0.5) is 0 Å². The second-order valence-electron chi connectivity index (χ2n) is 6.11. The van der Waals surface area contributed by atoms with Crippen LogP contribution in [0, 0.1) is 6.92 Å². The Morgan fingerprint density at radius 2 is 1.89 bits per heavy atom. The molecule has 0 saturated carbocycles. The molecule has 0 aliphatic carbocycles. The summed E-state index contributed by atoms with van der Waals surface area (Å²) in [7, 11) is -3.99. The lowest BCUT2D eigenvalue weighted by Gasteiger charge is -2.12. The molecule has 0 aliphatic rings. The van der Waals surface area contributed by atoms with Gasteiger partial charge in [0.05, 0.1) is 21.9 Å². The molecule has 1 atom stereocenters. The molecule has 1 aromatic carbocycles. The Hall–Kier alpha value is -2.56. The van der Waals surface area contributed by atoms with E-state index in [0.717, 1.165) is 10.9 Å². The zero-order chi connectivity index (χ0) is 21.1. The maximum atomic E-state index is 12.5. The van der Waals surface area contributed by atoms with Crippen molar-refractivity contribution in [2.24, 2.45) is 5.14 Å². The van der Waals surface area contributed by atoms with E-state index in [-0.39, 0.29) is 16.4 Å². The largest absolute Gasteiger partial charge is 0.451 e. The van der Waals surface area contributed by atoms with Crippen molar-refractivity contribution >= 4 is 39.0 Å². The third-order valence-corrected chi connectivity index (χ3v) is 5.95. The second-order valence-corrected chi connectivity index (χ2v) is 8.81. The average Bonchev–Trinajstić information content (AvgIpc) is 3.07. The van der Waals surface area contributed by atoms with Gasteiger partial charge in [-0.25, -0.2) is 18.4 Å². The normalized spacial score (nSPS) is 12.3. The number of primary sulfonamides is 1. The highest BCUT2D eigenvalue weighted by atomic mass is 32.2. The molecule has 0 radical (unpaired) electrons. The number of Topliss-reactive ketones (excluding diaryl/α,β-unsaturated/α-hetero) is 1. The van der Waals surface area contributed by atoms with E-state index in [2.05, 4.69) is 5.32 Å². The van der Waals surface area contributed by atoms with Gasteiger partial charge in [-0.05, 0) is 43.7 Å². The highest BCUT2D eigenvalue weighted by molar-refractivity contribution is 7.89. The van der Waals surface area contributed by atoms with Crippen LogP contribution in [0.5, 0.6) is 0 Å². The number of nitrogens with two attached hydrogens (primary N) is 1. The molecule has 0 fully saturated rings. The van der Waals surface area contributed by atoms with Gasteiger partial charge in [-0.1, -0.05) is 6.07 Å². The molecule has 150 valence electrons. The number of carbonyl (C=O) groups is 3. The lowest BCUT2D eigenvalue weighted by Crippen LogP contribution is -2.24. The van der Waals surface area contributed by atoms with Crippen LogP contribution in [-0.2, 0) is 26.1 Å². The van der Waals surface area contributed by atoms with Crippen molar-refractivity contribution in [2.75, 3.05) is 0 Å². The Bertz CT molecular complexity index is 1030. The third-order valence-electron chi connectivity index (χ3n) is 3.80. The van der Waals surface area contributed by atoms with E-state index in [1.807, 2.05) is 0 Å². The Labute approximate surface area is 166 Å². The molecule has 0 aliphatic heterocycles. The number of hydrogen-bond acceptors (Lipinski definition) is 7. The van der Waals surface area contributed by atoms with E-state index < -0.39 is 27.9 Å².